The van der Waals surface area contributed by atoms with E-state index in [0.717, 1.165) is 24.2 Å². The second-order valence-electron chi connectivity index (χ2n) is 7.50. The van der Waals surface area contributed by atoms with Crippen LogP contribution in [-0.4, -0.2) is 67.7 Å². The number of benzene rings is 2. The van der Waals surface area contributed by atoms with Crippen LogP contribution in [0.4, 0.5) is 0 Å². The average Bonchev–Trinajstić information content (AvgIpc) is 2.78. The van der Waals surface area contributed by atoms with Gasteiger partial charge in [0.15, 0.2) is 0 Å². The number of amides is 1. The molecule has 1 saturated heterocycles. The molecule has 1 fully saturated rings. The Morgan fingerprint density at radius 1 is 0.900 bits per heavy atom. The normalized spacial score (nSPS) is 16.6. The Morgan fingerprint density at radius 2 is 1.43 bits per heavy atom. The van der Waals surface area contributed by atoms with Crippen molar-refractivity contribution in [1.29, 1.82) is 0 Å². The van der Waals surface area contributed by atoms with Gasteiger partial charge in [-0.3, -0.25) is 9.69 Å². The molecule has 7 heteroatoms. The first-order valence-corrected chi connectivity index (χ1v) is 12.2. The van der Waals surface area contributed by atoms with Crippen molar-refractivity contribution in [2.75, 3.05) is 39.3 Å². The van der Waals surface area contributed by atoms with E-state index in [1.807, 2.05) is 65.6 Å². The maximum absolute atomic E-state index is 13.4. The lowest BCUT2D eigenvalue weighted by molar-refractivity contribution is -0.138. The molecular formula is C23H31N3O3S. The van der Waals surface area contributed by atoms with E-state index in [4.69, 9.17) is 0 Å². The second kappa shape index (κ2) is 10.2. The molecular weight excluding hydrogens is 398 g/mol. The SMILES string of the molecule is CCN(CC)C(C(=O)N1CCN(S(=O)(=O)Cc2ccccc2)CC1)c1ccccc1. The van der Waals surface area contributed by atoms with E-state index in [2.05, 4.69) is 18.7 Å². The Labute approximate surface area is 180 Å². The number of carbonyl (C=O) groups is 1. The summed E-state index contributed by atoms with van der Waals surface area (Å²) in [6.45, 7) is 7.15. The van der Waals surface area contributed by atoms with E-state index in [1.54, 1.807) is 0 Å². The second-order valence-corrected chi connectivity index (χ2v) is 9.47. The highest BCUT2D eigenvalue weighted by molar-refractivity contribution is 7.88. The number of likely N-dealkylation sites (N-methyl/N-ethyl adjacent to an activating group) is 1. The van der Waals surface area contributed by atoms with Gasteiger partial charge in [0.25, 0.3) is 0 Å². The monoisotopic (exact) mass is 429 g/mol. The predicted molar refractivity (Wildman–Crippen MR) is 119 cm³/mol. The minimum atomic E-state index is -3.40. The zero-order chi connectivity index (χ0) is 21.6. The van der Waals surface area contributed by atoms with Crippen molar-refractivity contribution in [2.24, 2.45) is 0 Å². The fraction of sp³-hybridized carbons (Fsp3) is 0.435. The van der Waals surface area contributed by atoms with E-state index < -0.39 is 10.0 Å². The summed E-state index contributed by atoms with van der Waals surface area (Å²) in [6.07, 6.45) is 0. The van der Waals surface area contributed by atoms with Crippen LogP contribution < -0.4 is 0 Å². The number of nitrogens with zero attached hydrogens (tertiary/aromatic N) is 3. The van der Waals surface area contributed by atoms with Gasteiger partial charge in [-0.15, -0.1) is 0 Å². The van der Waals surface area contributed by atoms with Crippen molar-refractivity contribution in [3.63, 3.8) is 0 Å². The smallest absolute Gasteiger partial charge is 0.244 e. The van der Waals surface area contributed by atoms with Gasteiger partial charge in [-0.25, -0.2) is 8.42 Å². The first kappa shape index (κ1) is 22.5. The molecule has 0 aliphatic carbocycles. The van der Waals surface area contributed by atoms with Gasteiger partial charge in [0.05, 0.1) is 5.75 Å². The van der Waals surface area contributed by atoms with Crippen LogP contribution in [-0.2, 0) is 20.6 Å². The van der Waals surface area contributed by atoms with Crippen LogP contribution in [0.25, 0.3) is 0 Å². The zero-order valence-electron chi connectivity index (χ0n) is 17.8. The minimum absolute atomic E-state index is 0.00608. The molecule has 1 atom stereocenters. The fourth-order valence-corrected chi connectivity index (χ4v) is 5.49. The molecule has 2 aromatic carbocycles. The molecule has 30 heavy (non-hydrogen) atoms. The van der Waals surface area contributed by atoms with Gasteiger partial charge in [0, 0.05) is 26.2 Å². The van der Waals surface area contributed by atoms with Crippen molar-refractivity contribution in [1.82, 2.24) is 14.1 Å². The van der Waals surface area contributed by atoms with Crippen molar-refractivity contribution in [2.45, 2.75) is 25.6 Å². The molecule has 1 heterocycles. The topological polar surface area (TPSA) is 60.9 Å². The van der Waals surface area contributed by atoms with E-state index in [9.17, 15) is 13.2 Å². The van der Waals surface area contributed by atoms with Gasteiger partial charge in [-0.05, 0) is 24.2 Å². The predicted octanol–water partition coefficient (Wildman–Crippen LogP) is 2.74. The van der Waals surface area contributed by atoms with E-state index in [1.165, 1.54) is 4.31 Å². The van der Waals surface area contributed by atoms with Crippen molar-refractivity contribution in [3.8, 4) is 0 Å². The number of piperazine rings is 1. The minimum Gasteiger partial charge on any atom is -0.338 e. The van der Waals surface area contributed by atoms with Crippen LogP contribution in [0, 0.1) is 0 Å². The summed E-state index contributed by atoms with van der Waals surface area (Å²) in [6, 6.07) is 18.7. The Morgan fingerprint density at radius 3 is 1.97 bits per heavy atom. The van der Waals surface area contributed by atoms with E-state index >= 15 is 0 Å². The average molecular weight is 430 g/mol. The fourth-order valence-electron chi connectivity index (χ4n) is 3.97. The number of hydrogen-bond donors (Lipinski definition) is 0. The van der Waals surface area contributed by atoms with Gasteiger partial charge in [-0.2, -0.15) is 4.31 Å². The summed E-state index contributed by atoms with van der Waals surface area (Å²) in [4.78, 5) is 17.4. The summed E-state index contributed by atoms with van der Waals surface area (Å²) >= 11 is 0. The molecule has 2 aromatic rings. The zero-order valence-corrected chi connectivity index (χ0v) is 18.6. The quantitative estimate of drug-likeness (QED) is 0.647. The lowest BCUT2D eigenvalue weighted by Gasteiger charge is -2.38. The number of carbonyl (C=O) groups excluding carboxylic acids is 1. The first-order valence-electron chi connectivity index (χ1n) is 10.6. The van der Waals surface area contributed by atoms with Crippen LogP contribution in [0.15, 0.2) is 60.7 Å². The van der Waals surface area contributed by atoms with Crippen molar-refractivity contribution < 1.29 is 13.2 Å². The maximum atomic E-state index is 13.4. The Hall–Kier alpha value is -2.22. The van der Waals surface area contributed by atoms with Crippen molar-refractivity contribution >= 4 is 15.9 Å². The third kappa shape index (κ3) is 5.28. The molecule has 0 saturated carbocycles. The van der Waals surface area contributed by atoms with Gasteiger partial charge in [0.2, 0.25) is 15.9 Å². The highest BCUT2D eigenvalue weighted by atomic mass is 32.2. The first-order chi connectivity index (χ1) is 14.5. The molecule has 1 unspecified atom stereocenters. The number of hydrogen-bond acceptors (Lipinski definition) is 4. The molecule has 162 valence electrons. The summed E-state index contributed by atoms with van der Waals surface area (Å²) in [5.74, 6) is 0.0402. The Bertz CT molecular complexity index is 907. The summed E-state index contributed by atoms with van der Waals surface area (Å²) in [5, 5.41) is 0. The molecule has 0 aromatic heterocycles. The van der Waals surface area contributed by atoms with Crippen LogP contribution in [0.1, 0.15) is 31.0 Å². The standard InChI is InChI=1S/C23H31N3O3S/c1-3-24(4-2)22(21-13-9-6-10-14-21)23(27)25-15-17-26(18-16-25)30(28,29)19-20-11-7-5-8-12-20/h5-14,22H,3-4,15-19H2,1-2H3. The summed E-state index contributed by atoms with van der Waals surface area (Å²) in [5.41, 5.74) is 1.76. The lowest BCUT2D eigenvalue weighted by Crippen LogP contribution is -2.53. The summed E-state index contributed by atoms with van der Waals surface area (Å²) in [7, 11) is -3.40. The third-order valence-electron chi connectivity index (χ3n) is 5.66. The molecule has 1 aliphatic heterocycles. The molecule has 0 bridgehead atoms. The van der Waals surface area contributed by atoms with Gasteiger partial charge >= 0.3 is 0 Å². The molecule has 1 amide bonds. The highest BCUT2D eigenvalue weighted by Crippen LogP contribution is 2.24. The van der Waals surface area contributed by atoms with E-state index in [0.29, 0.717) is 26.2 Å². The van der Waals surface area contributed by atoms with Crippen LogP contribution in [0.3, 0.4) is 0 Å². The van der Waals surface area contributed by atoms with Crippen LogP contribution in [0.2, 0.25) is 0 Å². The lowest BCUT2D eigenvalue weighted by atomic mass is 10.0. The maximum Gasteiger partial charge on any atom is 0.244 e. The third-order valence-corrected chi connectivity index (χ3v) is 7.51. The van der Waals surface area contributed by atoms with Gasteiger partial charge in [0.1, 0.15) is 6.04 Å². The largest absolute Gasteiger partial charge is 0.338 e. The molecule has 0 radical (unpaired) electrons. The molecule has 3 rings (SSSR count). The van der Waals surface area contributed by atoms with Gasteiger partial charge in [-0.1, -0.05) is 74.5 Å². The number of rotatable bonds is 8. The Kier molecular flexibility index (Phi) is 7.64. The van der Waals surface area contributed by atoms with E-state index in [-0.39, 0.29) is 17.7 Å². The number of sulfonamides is 1. The summed E-state index contributed by atoms with van der Waals surface area (Å²) < 4.78 is 27.1. The molecule has 0 N–H and O–H groups in total. The van der Waals surface area contributed by atoms with Gasteiger partial charge < -0.3 is 4.90 Å². The highest BCUT2D eigenvalue weighted by Gasteiger charge is 2.34. The van der Waals surface area contributed by atoms with Crippen LogP contribution >= 0.6 is 0 Å². The van der Waals surface area contributed by atoms with Crippen molar-refractivity contribution in [3.05, 3.63) is 71.8 Å². The molecule has 6 nitrogen and oxygen atoms in total. The molecule has 0 spiro atoms. The molecule has 1 aliphatic rings. The Balaban J connectivity index is 1.69. The van der Waals surface area contributed by atoms with Crippen LogP contribution in [0.5, 0.6) is 0 Å².